The highest BCUT2D eigenvalue weighted by atomic mass is 35.5. The van der Waals surface area contributed by atoms with Gasteiger partial charge in [-0.1, -0.05) is 30.7 Å². The number of hydrogen-bond donors (Lipinski definition) is 1. The van der Waals surface area contributed by atoms with Crippen molar-refractivity contribution in [1.82, 2.24) is 4.90 Å². The van der Waals surface area contributed by atoms with Crippen molar-refractivity contribution in [2.24, 2.45) is 11.8 Å². The number of aliphatic carboxylic acids is 1. The van der Waals surface area contributed by atoms with Crippen LogP contribution in [0.5, 0.6) is 0 Å². The lowest BCUT2D eigenvalue weighted by Crippen LogP contribution is -2.29. The molecule has 1 amide bonds. The van der Waals surface area contributed by atoms with E-state index in [1.54, 1.807) is 18.2 Å². The van der Waals surface area contributed by atoms with E-state index in [1.165, 1.54) is 4.90 Å². The number of halogens is 1. The lowest BCUT2D eigenvalue weighted by molar-refractivity contribution is -0.142. The molecule has 3 rings (SSSR count). The van der Waals surface area contributed by atoms with Crippen LogP contribution in [0.15, 0.2) is 40.8 Å². The van der Waals surface area contributed by atoms with Crippen LogP contribution in [0, 0.1) is 11.8 Å². The fourth-order valence-electron chi connectivity index (χ4n) is 2.87. The zero-order valence-corrected chi connectivity index (χ0v) is 13.3. The molecule has 0 unspecified atom stereocenters. The van der Waals surface area contributed by atoms with Crippen molar-refractivity contribution < 1.29 is 19.1 Å². The summed E-state index contributed by atoms with van der Waals surface area (Å²) in [5, 5.41) is 9.70. The van der Waals surface area contributed by atoms with E-state index in [0.717, 1.165) is 0 Å². The van der Waals surface area contributed by atoms with Crippen LogP contribution < -0.4 is 0 Å². The van der Waals surface area contributed by atoms with E-state index in [9.17, 15) is 9.59 Å². The number of amides is 1. The molecule has 0 radical (unpaired) electrons. The van der Waals surface area contributed by atoms with E-state index in [0.29, 0.717) is 22.9 Å². The van der Waals surface area contributed by atoms with Gasteiger partial charge in [0.2, 0.25) is 0 Å². The van der Waals surface area contributed by atoms with Crippen LogP contribution in [0.1, 0.15) is 17.5 Å². The third-order valence-electron chi connectivity index (χ3n) is 4.17. The molecule has 2 aromatic rings. The first-order valence-electron chi connectivity index (χ1n) is 7.34. The van der Waals surface area contributed by atoms with Crippen molar-refractivity contribution in [2.75, 3.05) is 13.1 Å². The number of carboxylic acids is 1. The number of carbonyl (C=O) groups excluding carboxylic acids is 1. The third kappa shape index (κ3) is 2.97. The standard InChI is InChI=1S/C17H16ClNO4/c1-10-8-19(9-12(10)17(21)22)16(20)15-7-6-14(23-15)11-4-2-3-5-13(11)18/h2-7,10,12H,8-9H2,1H3,(H,21,22)/t10-,12-/m1/s1. The molecule has 1 fully saturated rings. The smallest absolute Gasteiger partial charge is 0.308 e. The van der Waals surface area contributed by atoms with Gasteiger partial charge in [0.25, 0.3) is 5.91 Å². The molecule has 2 heterocycles. The Morgan fingerprint density at radius 2 is 1.96 bits per heavy atom. The van der Waals surface area contributed by atoms with Gasteiger partial charge in [0.05, 0.1) is 10.9 Å². The summed E-state index contributed by atoms with van der Waals surface area (Å²) in [6.45, 7) is 2.46. The van der Waals surface area contributed by atoms with E-state index in [4.69, 9.17) is 21.1 Å². The van der Waals surface area contributed by atoms with Gasteiger partial charge in [-0.2, -0.15) is 0 Å². The monoisotopic (exact) mass is 333 g/mol. The number of furan rings is 1. The molecule has 0 bridgehead atoms. The van der Waals surface area contributed by atoms with Crippen LogP contribution in [0.2, 0.25) is 5.02 Å². The SMILES string of the molecule is C[C@@H]1CN(C(=O)c2ccc(-c3ccccc3Cl)o2)C[C@H]1C(=O)O. The molecular formula is C17H16ClNO4. The molecule has 5 nitrogen and oxygen atoms in total. The van der Waals surface area contributed by atoms with Crippen molar-refractivity contribution in [1.29, 1.82) is 0 Å². The largest absolute Gasteiger partial charge is 0.481 e. The van der Waals surface area contributed by atoms with Gasteiger partial charge in [-0.25, -0.2) is 0 Å². The maximum absolute atomic E-state index is 12.5. The molecule has 0 aliphatic carbocycles. The lowest BCUT2D eigenvalue weighted by atomic mass is 9.99. The van der Waals surface area contributed by atoms with Gasteiger partial charge in [0.15, 0.2) is 5.76 Å². The Labute approximate surface area is 138 Å². The minimum Gasteiger partial charge on any atom is -0.481 e. The summed E-state index contributed by atoms with van der Waals surface area (Å²) in [4.78, 5) is 25.2. The fourth-order valence-corrected chi connectivity index (χ4v) is 3.10. The first-order chi connectivity index (χ1) is 11.0. The van der Waals surface area contributed by atoms with Crippen LogP contribution in [-0.2, 0) is 4.79 Å². The van der Waals surface area contributed by atoms with Crippen LogP contribution in [0.25, 0.3) is 11.3 Å². The number of carboxylic acid groups (broad SMARTS) is 1. The molecule has 1 aromatic heterocycles. The highest BCUT2D eigenvalue weighted by Crippen LogP contribution is 2.30. The van der Waals surface area contributed by atoms with Gasteiger partial charge in [-0.05, 0) is 30.2 Å². The summed E-state index contributed by atoms with van der Waals surface area (Å²) >= 11 is 6.13. The Bertz CT molecular complexity index is 755. The summed E-state index contributed by atoms with van der Waals surface area (Å²) in [6.07, 6.45) is 0. The predicted octanol–water partition coefficient (Wildman–Crippen LogP) is 3.39. The molecule has 2 atom stereocenters. The first-order valence-corrected chi connectivity index (χ1v) is 7.72. The molecule has 1 saturated heterocycles. The maximum Gasteiger partial charge on any atom is 0.308 e. The Hall–Kier alpha value is -2.27. The van der Waals surface area contributed by atoms with E-state index >= 15 is 0 Å². The molecule has 1 aliphatic rings. The number of carbonyl (C=O) groups is 2. The fraction of sp³-hybridized carbons (Fsp3) is 0.294. The molecular weight excluding hydrogens is 318 g/mol. The predicted molar refractivity (Wildman–Crippen MR) is 85.3 cm³/mol. The van der Waals surface area contributed by atoms with E-state index < -0.39 is 11.9 Å². The minimum absolute atomic E-state index is 0.0746. The molecule has 0 spiro atoms. The van der Waals surface area contributed by atoms with Gasteiger partial charge < -0.3 is 14.4 Å². The Balaban J connectivity index is 1.80. The van der Waals surface area contributed by atoms with Crippen molar-refractivity contribution >= 4 is 23.5 Å². The van der Waals surface area contributed by atoms with Crippen LogP contribution in [-0.4, -0.2) is 35.0 Å². The highest BCUT2D eigenvalue weighted by molar-refractivity contribution is 6.33. The quantitative estimate of drug-likeness (QED) is 0.934. The van der Waals surface area contributed by atoms with E-state index in [-0.39, 0.29) is 24.1 Å². The normalized spacial score (nSPS) is 20.7. The van der Waals surface area contributed by atoms with Gasteiger partial charge >= 0.3 is 5.97 Å². The highest BCUT2D eigenvalue weighted by Gasteiger charge is 2.38. The lowest BCUT2D eigenvalue weighted by Gasteiger charge is -2.13. The molecule has 1 N–H and O–H groups in total. The second-order valence-corrected chi connectivity index (χ2v) is 6.18. The van der Waals surface area contributed by atoms with Gasteiger partial charge in [0.1, 0.15) is 5.76 Å². The first kappa shape index (κ1) is 15.6. The molecule has 120 valence electrons. The molecule has 1 aromatic carbocycles. The topological polar surface area (TPSA) is 70.8 Å². The summed E-state index contributed by atoms with van der Waals surface area (Å²) in [7, 11) is 0. The second kappa shape index (κ2) is 6.08. The summed E-state index contributed by atoms with van der Waals surface area (Å²) in [6, 6.07) is 10.5. The summed E-state index contributed by atoms with van der Waals surface area (Å²) in [5.74, 6) is -1.06. The molecule has 23 heavy (non-hydrogen) atoms. The number of hydrogen-bond acceptors (Lipinski definition) is 3. The van der Waals surface area contributed by atoms with Crippen LogP contribution in [0.4, 0.5) is 0 Å². The number of likely N-dealkylation sites (tertiary alicyclic amines) is 1. The summed E-state index contributed by atoms with van der Waals surface area (Å²) < 4.78 is 5.63. The van der Waals surface area contributed by atoms with Crippen LogP contribution >= 0.6 is 11.6 Å². The third-order valence-corrected chi connectivity index (χ3v) is 4.50. The van der Waals surface area contributed by atoms with Gasteiger partial charge in [-0.3, -0.25) is 9.59 Å². The zero-order valence-electron chi connectivity index (χ0n) is 12.5. The maximum atomic E-state index is 12.5. The second-order valence-electron chi connectivity index (χ2n) is 5.78. The van der Waals surface area contributed by atoms with Crippen molar-refractivity contribution in [2.45, 2.75) is 6.92 Å². The Morgan fingerprint density at radius 3 is 2.61 bits per heavy atom. The average molecular weight is 334 g/mol. The van der Waals surface area contributed by atoms with Crippen molar-refractivity contribution in [3.05, 3.63) is 47.2 Å². The zero-order chi connectivity index (χ0) is 16.6. The number of rotatable bonds is 3. The number of nitrogens with zero attached hydrogens (tertiary/aromatic N) is 1. The molecule has 1 aliphatic heterocycles. The van der Waals surface area contributed by atoms with Gasteiger partial charge in [0, 0.05) is 18.7 Å². The average Bonchev–Trinajstić information content (AvgIpc) is 3.14. The van der Waals surface area contributed by atoms with Crippen molar-refractivity contribution in [3.8, 4) is 11.3 Å². The minimum atomic E-state index is -0.871. The van der Waals surface area contributed by atoms with E-state index in [2.05, 4.69) is 0 Å². The number of benzene rings is 1. The van der Waals surface area contributed by atoms with Crippen LogP contribution in [0.3, 0.4) is 0 Å². The van der Waals surface area contributed by atoms with E-state index in [1.807, 2.05) is 25.1 Å². The van der Waals surface area contributed by atoms with Crippen molar-refractivity contribution in [3.63, 3.8) is 0 Å². The Morgan fingerprint density at radius 1 is 1.22 bits per heavy atom. The molecule has 0 saturated carbocycles. The summed E-state index contributed by atoms with van der Waals surface area (Å²) in [5.41, 5.74) is 0.714. The molecule has 6 heteroatoms. The Kier molecular flexibility index (Phi) is 4.13. The van der Waals surface area contributed by atoms with Gasteiger partial charge in [-0.15, -0.1) is 0 Å².